The van der Waals surface area contributed by atoms with E-state index in [2.05, 4.69) is 10.2 Å². The highest BCUT2D eigenvalue weighted by Gasteiger charge is 2.39. The zero-order chi connectivity index (χ0) is 12.3. The number of rotatable bonds is 5. The number of carbonyl (C=O) groups is 1. The van der Waals surface area contributed by atoms with Crippen molar-refractivity contribution in [3.05, 3.63) is 0 Å². The molecule has 0 spiro atoms. The second-order valence-electron chi connectivity index (χ2n) is 5.29. The molecule has 0 bridgehead atoms. The molecule has 17 heavy (non-hydrogen) atoms. The van der Waals surface area contributed by atoms with Crippen LogP contribution in [-0.2, 0) is 4.79 Å². The first-order chi connectivity index (χ1) is 8.24. The van der Waals surface area contributed by atoms with Gasteiger partial charge in [0.2, 0.25) is 5.91 Å². The Kier molecular flexibility index (Phi) is 4.40. The highest BCUT2D eigenvalue weighted by Crippen LogP contribution is 2.33. The maximum Gasteiger partial charge on any atom is 0.219 e. The van der Waals surface area contributed by atoms with Gasteiger partial charge in [0, 0.05) is 31.6 Å². The molecule has 0 aromatic carbocycles. The summed E-state index contributed by atoms with van der Waals surface area (Å²) >= 11 is 0. The summed E-state index contributed by atoms with van der Waals surface area (Å²) in [4.78, 5) is 13.9. The second-order valence-corrected chi connectivity index (χ2v) is 5.29. The highest BCUT2D eigenvalue weighted by molar-refractivity contribution is 5.74. The van der Waals surface area contributed by atoms with Gasteiger partial charge >= 0.3 is 0 Å². The highest BCUT2D eigenvalue weighted by atomic mass is 16.3. The first kappa shape index (κ1) is 12.8. The number of nitrogens with zero attached hydrogens (tertiary/aromatic N) is 1. The van der Waals surface area contributed by atoms with E-state index < -0.39 is 0 Å². The van der Waals surface area contributed by atoms with Crippen LogP contribution < -0.4 is 5.32 Å². The van der Waals surface area contributed by atoms with Gasteiger partial charge in [-0.15, -0.1) is 0 Å². The molecule has 2 fully saturated rings. The number of hydrogen-bond donors (Lipinski definition) is 2. The molecular weight excluding hydrogens is 216 g/mol. The van der Waals surface area contributed by atoms with E-state index in [0.29, 0.717) is 24.7 Å². The van der Waals surface area contributed by atoms with Gasteiger partial charge in [0.05, 0.1) is 6.61 Å². The minimum atomic E-state index is 0.173. The van der Waals surface area contributed by atoms with Crippen molar-refractivity contribution in [3.8, 4) is 0 Å². The van der Waals surface area contributed by atoms with E-state index in [4.69, 9.17) is 5.11 Å². The predicted molar refractivity (Wildman–Crippen MR) is 66.7 cm³/mol. The Labute approximate surface area is 103 Å². The van der Waals surface area contributed by atoms with Crippen molar-refractivity contribution in [3.63, 3.8) is 0 Å². The summed E-state index contributed by atoms with van der Waals surface area (Å²) in [5.41, 5.74) is 0. The van der Waals surface area contributed by atoms with Crippen molar-refractivity contribution >= 4 is 5.91 Å². The SMILES string of the molecule is CC(=O)N(C1CC1)[C@H]1CCCC[C@@H]1NCCO. The Morgan fingerprint density at radius 3 is 2.59 bits per heavy atom. The minimum absolute atomic E-state index is 0.173. The summed E-state index contributed by atoms with van der Waals surface area (Å²) in [5, 5.41) is 12.3. The Balaban J connectivity index is 2.00. The average Bonchev–Trinajstić information content (AvgIpc) is 3.12. The Hall–Kier alpha value is -0.610. The number of aliphatic hydroxyl groups is 1. The van der Waals surface area contributed by atoms with Gasteiger partial charge in [-0.3, -0.25) is 4.79 Å². The van der Waals surface area contributed by atoms with Gasteiger partial charge < -0.3 is 15.3 Å². The van der Waals surface area contributed by atoms with E-state index in [1.807, 2.05) is 0 Å². The van der Waals surface area contributed by atoms with E-state index in [0.717, 1.165) is 12.8 Å². The molecule has 0 aromatic heterocycles. The van der Waals surface area contributed by atoms with Crippen molar-refractivity contribution in [2.45, 2.75) is 63.6 Å². The lowest BCUT2D eigenvalue weighted by Crippen LogP contribution is -2.54. The topological polar surface area (TPSA) is 52.6 Å². The number of aliphatic hydroxyl groups excluding tert-OH is 1. The third-order valence-electron chi connectivity index (χ3n) is 3.91. The summed E-state index contributed by atoms with van der Waals surface area (Å²) in [6.45, 7) is 2.50. The maximum atomic E-state index is 11.8. The molecule has 4 heteroatoms. The van der Waals surface area contributed by atoms with Crippen LogP contribution in [-0.4, -0.2) is 47.2 Å². The number of hydrogen-bond acceptors (Lipinski definition) is 3. The van der Waals surface area contributed by atoms with E-state index >= 15 is 0 Å². The van der Waals surface area contributed by atoms with Crippen LogP contribution in [0, 0.1) is 0 Å². The van der Waals surface area contributed by atoms with Gasteiger partial charge in [-0.1, -0.05) is 12.8 Å². The molecule has 98 valence electrons. The van der Waals surface area contributed by atoms with Crippen molar-refractivity contribution in [2.24, 2.45) is 0 Å². The van der Waals surface area contributed by atoms with Gasteiger partial charge in [-0.05, 0) is 25.7 Å². The zero-order valence-electron chi connectivity index (χ0n) is 10.7. The molecule has 0 aromatic rings. The summed E-state index contributed by atoms with van der Waals surface area (Å²) in [6, 6.07) is 1.22. The smallest absolute Gasteiger partial charge is 0.219 e. The Bertz CT molecular complexity index is 266. The van der Waals surface area contributed by atoms with Crippen molar-refractivity contribution in [1.82, 2.24) is 10.2 Å². The molecule has 2 rings (SSSR count). The van der Waals surface area contributed by atoms with Crippen LogP contribution in [0.15, 0.2) is 0 Å². The van der Waals surface area contributed by atoms with Crippen LogP contribution in [0.5, 0.6) is 0 Å². The summed E-state index contributed by atoms with van der Waals surface area (Å²) < 4.78 is 0. The van der Waals surface area contributed by atoms with Gasteiger partial charge in [0.15, 0.2) is 0 Å². The molecule has 2 saturated carbocycles. The van der Waals surface area contributed by atoms with E-state index in [1.54, 1.807) is 6.92 Å². The first-order valence-corrected chi connectivity index (χ1v) is 6.87. The third kappa shape index (κ3) is 3.19. The van der Waals surface area contributed by atoms with Crippen LogP contribution in [0.4, 0.5) is 0 Å². The number of carbonyl (C=O) groups excluding carboxylic acids is 1. The van der Waals surface area contributed by atoms with Crippen LogP contribution >= 0.6 is 0 Å². The molecule has 0 heterocycles. The molecule has 2 aliphatic rings. The molecule has 0 radical (unpaired) electrons. The van der Waals surface area contributed by atoms with Gasteiger partial charge in [0.1, 0.15) is 0 Å². The Morgan fingerprint density at radius 2 is 2.00 bits per heavy atom. The first-order valence-electron chi connectivity index (χ1n) is 6.87. The summed E-state index contributed by atoms with van der Waals surface area (Å²) in [6.07, 6.45) is 7.03. The largest absolute Gasteiger partial charge is 0.395 e. The summed E-state index contributed by atoms with van der Waals surface area (Å²) in [5.74, 6) is 0.218. The third-order valence-corrected chi connectivity index (χ3v) is 3.91. The van der Waals surface area contributed by atoms with Crippen LogP contribution in [0.25, 0.3) is 0 Å². The molecule has 2 atom stereocenters. The van der Waals surface area contributed by atoms with Gasteiger partial charge in [-0.25, -0.2) is 0 Å². The zero-order valence-corrected chi connectivity index (χ0v) is 10.7. The van der Waals surface area contributed by atoms with Crippen LogP contribution in [0.3, 0.4) is 0 Å². The monoisotopic (exact) mass is 240 g/mol. The normalized spacial score (nSPS) is 29.1. The lowest BCUT2D eigenvalue weighted by molar-refractivity contribution is -0.133. The lowest BCUT2D eigenvalue weighted by atomic mass is 9.89. The van der Waals surface area contributed by atoms with E-state index in [1.165, 1.54) is 25.7 Å². The van der Waals surface area contributed by atoms with E-state index in [9.17, 15) is 4.79 Å². The fourth-order valence-electron chi connectivity index (χ4n) is 3.05. The molecule has 1 amide bonds. The molecule has 2 aliphatic carbocycles. The average molecular weight is 240 g/mol. The van der Waals surface area contributed by atoms with Gasteiger partial charge in [0.25, 0.3) is 0 Å². The molecule has 4 nitrogen and oxygen atoms in total. The molecule has 2 N–H and O–H groups in total. The lowest BCUT2D eigenvalue weighted by Gasteiger charge is -2.40. The molecule has 0 unspecified atom stereocenters. The van der Waals surface area contributed by atoms with Crippen molar-refractivity contribution in [1.29, 1.82) is 0 Å². The van der Waals surface area contributed by atoms with Crippen LogP contribution in [0.1, 0.15) is 45.4 Å². The van der Waals surface area contributed by atoms with E-state index in [-0.39, 0.29) is 12.5 Å². The van der Waals surface area contributed by atoms with Crippen molar-refractivity contribution in [2.75, 3.05) is 13.2 Å². The molecule has 0 saturated heterocycles. The van der Waals surface area contributed by atoms with Crippen LogP contribution in [0.2, 0.25) is 0 Å². The number of nitrogens with one attached hydrogen (secondary N) is 1. The minimum Gasteiger partial charge on any atom is -0.395 e. The summed E-state index contributed by atoms with van der Waals surface area (Å²) in [7, 11) is 0. The Morgan fingerprint density at radius 1 is 1.29 bits per heavy atom. The predicted octanol–water partition coefficient (Wildman–Crippen LogP) is 0.890. The van der Waals surface area contributed by atoms with Gasteiger partial charge in [-0.2, -0.15) is 0 Å². The molecule has 0 aliphatic heterocycles. The molecular formula is C13H24N2O2. The fraction of sp³-hybridized carbons (Fsp3) is 0.923. The standard InChI is InChI=1S/C13H24N2O2/c1-10(17)15(11-6-7-11)13-5-3-2-4-12(13)14-8-9-16/h11-14,16H,2-9H2,1H3/t12-,13-/m0/s1. The maximum absolute atomic E-state index is 11.8. The second kappa shape index (κ2) is 5.83. The number of amides is 1. The van der Waals surface area contributed by atoms with Crippen molar-refractivity contribution < 1.29 is 9.90 Å². The fourth-order valence-corrected chi connectivity index (χ4v) is 3.05. The quantitative estimate of drug-likeness (QED) is 0.750.